The summed E-state index contributed by atoms with van der Waals surface area (Å²) in [6.45, 7) is 2.92. The molecule has 0 fully saturated rings. The molecule has 0 radical (unpaired) electrons. The lowest BCUT2D eigenvalue weighted by Crippen LogP contribution is -2.30. The van der Waals surface area contributed by atoms with Gasteiger partial charge in [0.2, 0.25) is 0 Å². The smallest absolute Gasteiger partial charge is 0.0802 e. The summed E-state index contributed by atoms with van der Waals surface area (Å²) in [6, 6.07) is 31.2. The minimum absolute atomic E-state index is 0.401. The van der Waals surface area contributed by atoms with Crippen molar-refractivity contribution >= 4 is 0 Å². The van der Waals surface area contributed by atoms with Crippen LogP contribution in [0.5, 0.6) is 0 Å². The fourth-order valence-corrected chi connectivity index (χ4v) is 3.35. The van der Waals surface area contributed by atoms with Gasteiger partial charge < -0.3 is 10.0 Å². The largest absolute Gasteiger partial charge is 0.388 e. The topological polar surface area (TPSA) is 23.5 Å². The van der Waals surface area contributed by atoms with Crippen LogP contribution in [0, 0.1) is 0 Å². The van der Waals surface area contributed by atoms with Gasteiger partial charge in [-0.3, -0.25) is 0 Å². The van der Waals surface area contributed by atoms with Crippen LogP contribution in [0.15, 0.2) is 91.0 Å². The van der Waals surface area contributed by atoms with Crippen LogP contribution in [0.1, 0.15) is 29.2 Å². The van der Waals surface area contributed by atoms with Crippen LogP contribution in [-0.2, 0) is 12.8 Å². The van der Waals surface area contributed by atoms with Gasteiger partial charge in [-0.1, -0.05) is 91.0 Å². The summed E-state index contributed by atoms with van der Waals surface area (Å²) < 4.78 is 0. The van der Waals surface area contributed by atoms with E-state index in [0.717, 1.165) is 44.5 Å². The van der Waals surface area contributed by atoms with Crippen molar-refractivity contribution in [2.24, 2.45) is 0 Å². The highest BCUT2D eigenvalue weighted by Crippen LogP contribution is 2.17. The minimum Gasteiger partial charge on any atom is -0.388 e. The molecule has 0 amide bonds. The molecular formula is C25H29NO. The minimum atomic E-state index is -0.401. The molecule has 0 aliphatic rings. The Balaban J connectivity index is 1.56. The zero-order chi connectivity index (χ0) is 18.7. The van der Waals surface area contributed by atoms with E-state index in [1.165, 1.54) is 11.1 Å². The van der Waals surface area contributed by atoms with E-state index in [1.807, 2.05) is 30.3 Å². The van der Waals surface area contributed by atoms with Crippen LogP contribution < -0.4 is 0 Å². The van der Waals surface area contributed by atoms with Crippen LogP contribution in [0.2, 0.25) is 0 Å². The molecule has 3 rings (SSSR count). The van der Waals surface area contributed by atoms with Crippen molar-refractivity contribution in [3.05, 3.63) is 108 Å². The summed E-state index contributed by atoms with van der Waals surface area (Å²) in [5.41, 5.74) is 3.74. The van der Waals surface area contributed by atoms with Gasteiger partial charge in [0.05, 0.1) is 6.10 Å². The first-order valence-corrected chi connectivity index (χ1v) is 9.84. The Kier molecular flexibility index (Phi) is 7.64. The van der Waals surface area contributed by atoms with E-state index in [0.29, 0.717) is 0 Å². The van der Waals surface area contributed by atoms with E-state index in [1.54, 1.807) is 0 Å². The molecule has 0 aliphatic heterocycles. The monoisotopic (exact) mass is 359 g/mol. The molecule has 0 aliphatic carbocycles. The summed E-state index contributed by atoms with van der Waals surface area (Å²) in [5.74, 6) is 0. The lowest BCUT2D eigenvalue weighted by molar-refractivity contribution is 0.142. The average molecular weight is 360 g/mol. The highest BCUT2D eigenvalue weighted by atomic mass is 16.3. The lowest BCUT2D eigenvalue weighted by Gasteiger charge is -2.24. The fraction of sp³-hybridized carbons (Fsp3) is 0.280. The second kappa shape index (κ2) is 10.7. The summed E-state index contributed by atoms with van der Waals surface area (Å²) in [6.07, 6.45) is 2.43. The van der Waals surface area contributed by atoms with E-state index in [2.05, 4.69) is 65.6 Å². The van der Waals surface area contributed by atoms with E-state index >= 15 is 0 Å². The second-order valence-electron chi connectivity index (χ2n) is 7.03. The highest BCUT2D eigenvalue weighted by molar-refractivity contribution is 5.18. The predicted octanol–water partition coefficient (Wildman–Crippen LogP) is 4.90. The molecule has 1 atom stereocenters. The molecule has 0 bridgehead atoms. The zero-order valence-electron chi connectivity index (χ0n) is 15.9. The van der Waals surface area contributed by atoms with E-state index in [-0.39, 0.29) is 0 Å². The van der Waals surface area contributed by atoms with Crippen LogP contribution in [0.3, 0.4) is 0 Å². The molecule has 0 spiro atoms. The number of rotatable bonds is 10. The third-order valence-corrected chi connectivity index (χ3v) is 5.02. The van der Waals surface area contributed by atoms with Crippen molar-refractivity contribution in [1.82, 2.24) is 4.90 Å². The molecule has 0 unspecified atom stereocenters. The number of benzene rings is 3. The molecule has 0 heterocycles. The molecule has 0 saturated carbocycles. The van der Waals surface area contributed by atoms with Crippen molar-refractivity contribution in [3.8, 4) is 0 Å². The highest BCUT2D eigenvalue weighted by Gasteiger charge is 2.11. The Hall–Kier alpha value is -2.42. The quantitative estimate of drug-likeness (QED) is 0.557. The Morgan fingerprint density at radius 2 is 1.04 bits per heavy atom. The van der Waals surface area contributed by atoms with Gasteiger partial charge in [0.25, 0.3) is 0 Å². The predicted molar refractivity (Wildman–Crippen MR) is 113 cm³/mol. The van der Waals surface area contributed by atoms with Gasteiger partial charge >= 0.3 is 0 Å². The summed E-state index contributed by atoms with van der Waals surface area (Å²) in [4.78, 5) is 2.48. The second-order valence-corrected chi connectivity index (χ2v) is 7.03. The van der Waals surface area contributed by atoms with Gasteiger partial charge in [0.15, 0.2) is 0 Å². The SMILES string of the molecule is O[C@@H](CCN(CCc1ccccc1)CCc1ccccc1)c1ccccc1. The molecule has 27 heavy (non-hydrogen) atoms. The molecule has 2 nitrogen and oxygen atoms in total. The van der Waals surface area contributed by atoms with Gasteiger partial charge in [-0.15, -0.1) is 0 Å². The van der Waals surface area contributed by atoms with Crippen molar-refractivity contribution in [2.45, 2.75) is 25.4 Å². The third kappa shape index (κ3) is 6.67. The molecule has 0 aromatic heterocycles. The first kappa shape index (κ1) is 19.3. The van der Waals surface area contributed by atoms with E-state index in [4.69, 9.17) is 0 Å². The van der Waals surface area contributed by atoms with Crippen LogP contribution >= 0.6 is 0 Å². The Morgan fingerprint density at radius 3 is 1.52 bits per heavy atom. The lowest BCUT2D eigenvalue weighted by atomic mass is 10.1. The fourth-order valence-electron chi connectivity index (χ4n) is 3.35. The number of hydrogen-bond donors (Lipinski definition) is 1. The molecule has 0 saturated heterocycles. The molecule has 140 valence electrons. The van der Waals surface area contributed by atoms with Gasteiger partial charge in [0.1, 0.15) is 0 Å². The van der Waals surface area contributed by atoms with Gasteiger partial charge in [-0.05, 0) is 36.0 Å². The van der Waals surface area contributed by atoms with Gasteiger partial charge in [-0.25, -0.2) is 0 Å². The summed E-state index contributed by atoms with van der Waals surface area (Å²) >= 11 is 0. The summed E-state index contributed by atoms with van der Waals surface area (Å²) in [5, 5.41) is 10.5. The standard InChI is InChI=1S/C25H29NO/c27-25(24-14-8-3-9-15-24)18-21-26(19-16-22-10-4-1-5-11-22)20-17-23-12-6-2-7-13-23/h1-15,25,27H,16-21H2/t25-/m0/s1. The Morgan fingerprint density at radius 1 is 0.593 bits per heavy atom. The number of nitrogens with zero attached hydrogens (tertiary/aromatic N) is 1. The number of hydrogen-bond acceptors (Lipinski definition) is 2. The maximum Gasteiger partial charge on any atom is 0.0802 e. The van der Waals surface area contributed by atoms with Crippen molar-refractivity contribution in [2.75, 3.05) is 19.6 Å². The molecule has 3 aromatic carbocycles. The first-order valence-electron chi connectivity index (χ1n) is 9.84. The average Bonchev–Trinajstić information content (AvgIpc) is 2.75. The van der Waals surface area contributed by atoms with Gasteiger partial charge in [-0.2, -0.15) is 0 Å². The first-order chi connectivity index (χ1) is 13.3. The van der Waals surface area contributed by atoms with Crippen molar-refractivity contribution in [3.63, 3.8) is 0 Å². The van der Waals surface area contributed by atoms with Crippen LogP contribution in [0.4, 0.5) is 0 Å². The molecule has 3 aromatic rings. The van der Waals surface area contributed by atoms with Gasteiger partial charge in [0, 0.05) is 19.6 Å². The van der Waals surface area contributed by atoms with Crippen molar-refractivity contribution < 1.29 is 5.11 Å². The van der Waals surface area contributed by atoms with Crippen LogP contribution in [0.25, 0.3) is 0 Å². The number of aliphatic hydroxyl groups excluding tert-OH is 1. The molecular weight excluding hydrogens is 330 g/mol. The summed E-state index contributed by atoms with van der Waals surface area (Å²) in [7, 11) is 0. The Labute approximate surface area is 163 Å². The maximum atomic E-state index is 10.5. The van der Waals surface area contributed by atoms with Crippen LogP contribution in [-0.4, -0.2) is 29.6 Å². The van der Waals surface area contributed by atoms with Crippen molar-refractivity contribution in [1.29, 1.82) is 0 Å². The number of aliphatic hydroxyl groups is 1. The normalized spacial score (nSPS) is 12.2. The molecule has 1 N–H and O–H groups in total. The van der Waals surface area contributed by atoms with E-state index < -0.39 is 6.10 Å². The maximum absolute atomic E-state index is 10.5. The third-order valence-electron chi connectivity index (χ3n) is 5.02. The molecule has 2 heteroatoms. The van der Waals surface area contributed by atoms with E-state index in [9.17, 15) is 5.11 Å². The zero-order valence-corrected chi connectivity index (χ0v) is 15.9. The Bertz CT molecular complexity index is 715.